The summed E-state index contributed by atoms with van der Waals surface area (Å²) in [6, 6.07) is 12.3. The molecule has 2 nitrogen and oxygen atoms in total. The van der Waals surface area contributed by atoms with E-state index < -0.39 is 0 Å². The van der Waals surface area contributed by atoms with Crippen molar-refractivity contribution in [2.45, 2.75) is 5.88 Å². The van der Waals surface area contributed by atoms with Crippen LogP contribution in [0.3, 0.4) is 0 Å². The predicted octanol–water partition coefficient (Wildman–Crippen LogP) is 4.30. The number of thiophene rings is 1. The Morgan fingerprint density at radius 2 is 2.12 bits per heavy atom. The third-order valence-electron chi connectivity index (χ3n) is 2.36. The Balaban J connectivity index is 2.11. The van der Waals surface area contributed by atoms with Crippen LogP contribution in [0.15, 0.2) is 40.9 Å². The van der Waals surface area contributed by atoms with Gasteiger partial charge in [0.05, 0.1) is 16.5 Å². The molecule has 0 saturated heterocycles. The van der Waals surface area contributed by atoms with Gasteiger partial charge in [0.1, 0.15) is 0 Å². The molecule has 0 spiro atoms. The molecule has 0 N–H and O–H groups in total. The molecule has 0 fully saturated rings. The van der Waals surface area contributed by atoms with Gasteiger partial charge in [-0.2, -0.15) is 0 Å². The monoisotopic (exact) mass is 249 g/mol. The van der Waals surface area contributed by atoms with Crippen LogP contribution in [0.5, 0.6) is 0 Å². The van der Waals surface area contributed by atoms with E-state index in [-0.39, 0.29) is 0 Å². The quantitative estimate of drug-likeness (QED) is 0.633. The first kappa shape index (κ1) is 9.87. The van der Waals surface area contributed by atoms with Crippen molar-refractivity contribution in [1.82, 2.24) is 5.16 Å². The van der Waals surface area contributed by atoms with E-state index in [0.29, 0.717) is 5.88 Å². The van der Waals surface area contributed by atoms with Crippen molar-refractivity contribution in [2.75, 3.05) is 0 Å². The molecule has 0 bridgehead atoms. The van der Waals surface area contributed by atoms with Gasteiger partial charge >= 0.3 is 0 Å². The summed E-state index contributed by atoms with van der Waals surface area (Å²) in [4.78, 5) is 1.09. The highest BCUT2D eigenvalue weighted by Gasteiger charge is 2.09. The molecule has 0 aliphatic carbocycles. The van der Waals surface area contributed by atoms with Crippen molar-refractivity contribution in [3.05, 3.63) is 42.1 Å². The first-order valence-corrected chi connectivity index (χ1v) is 6.22. The topological polar surface area (TPSA) is 26.0 Å². The van der Waals surface area contributed by atoms with Crippen LogP contribution in [0.2, 0.25) is 0 Å². The number of hydrogen-bond acceptors (Lipinski definition) is 3. The first-order valence-electron chi connectivity index (χ1n) is 4.87. The Morgan fingerprint density at radius 1 is 1.25 bits per heavy atom. The van der Waals surface area contributed by atoms with Gasteiger partial charge in [0.25, 0.3) is 0 Å². The standard InChI is InChI=1S/C12H8ClNOS/c13-7-9-6-10(15-14-9)12-5-8-3-1-2-4-11(8)16-12/h1-6H,7H2. The lowest BCUT2D eigenvalue weighted by atomic mass is 10.2. The summed E-state index contributed by atoms with van der Waals surface area (Å²) in [5.41, 5.74) is 0.772. The maximum atomic E-state index is 5.69. The minimum Gasteiger partial charge on any atom is -0.355 e. The van der Waals surface area contributed by atoms with Crippen LogP contribution in [0, 0.1) is 0 Å². The molecule has 2 aromatic heterocycles. The van der Waals surface area contributed by atoms with Gasteiger partial charge < -0.3 is 4.52 Å². The minimum atomic E-state index is 0.383. The van der Waals surface area contributed by atoms with Gasteiger partial charge in [0.2, 0.25) is 0 Å². The van der Waals surface area contributed by atoms with E-state index in [1.165, 1.54) is 10.1 Å². The highest BCUT2D eigenvalue weighted by atomic mass is 35.5. The number of halogens is 1. The van der Waals surface area contributed by atoms with Crippen LogP contribution < -0.4 is 0 Å². The van der Waals surface area contributed by atoms with Gasteiger partial charge in [-0.05, 0) is 17.5 Å². The molecule has 16 heavy (non-hydrogen) atoms. The third kappa shape index (κ3) is 1.62. The second-order valence-corrected chi connectivity index (χ2v) is 4.82. The Hall–Kier alpha value is -1.32. The van der Waals surface area contributed by atoms with Gasteiger partial charge in [-0.1, -0.05) is 23.4 Å². The van der Waals surface area contributed by atoms with E-state index in [0.717, 1.165) is 16.3 Å². The SMILES string of the molecule is ClCc1cc(-c2cc3ccccc3s2)on1. The molecule has 3 aromatic rings. The number of rotatable bonds is 2. The van der Waals surface area contributed by atoms with E-state index in [4.69, 9.17) is 16.1 Å². The van der Waals surface area contributed by atoms with Crippen molar-refractivity contribution >= 4 is 33.0 Å². The van der Waals surface area contributed by atoms with Crippen LogP contribution in [0.25, 0.3) is 20.7 Å². The van der Waals surface area contributed by atoms with E-state index in [2.05, 4.69) is 23.4 Å². The number of nitrogens with zero attached hydrogens (tertiary/aromatic N) is 1. The predicted molar refractivity (Wildman–Crippen MR) is 66.9 cm³/mol. The maximum absolute atomic E-state index is 5.69. The average molecular weight is 250 g/mol. The Bertz CT molecular complexity index is 596. The summed E-state index contributed by atoms with van der Waals surface area (Å²) in [6.07, 6.45) is 0. The molecule has 0 unspecified atom stereocenters. The van der Waals surface area contributed by atoms with E-state index in [9.17, 15) is 0 Å². The van der Waals surface area contributed by atoms with E-state index in [1.807, 2.05) is 18.2 Å². The lowest BCUT2D eigenvalue weighted by Gasteiger charge is -1.83. The Morgan fingerprint density at radius 3 is 2.88 bits per heavy atom. The molecule has 0 aliphatic rings. The van der Waals surface area contributed by atoms with Crippen LogP contribution in [-0.2, 0) is 5.88 Å². The summed E-state index contributed by atoms with van der Waals surface area (Å²) >= 11 is 7.38. The van der Waals surface area contributed by atoms with Gasteiger partial charge in [-0.25, -0.2) is 0 Å². The fourth-order valence-corrected chi connectivity index (χ4v) is 2.73. The second-order valence-electron chi connectivity index (χ2n) is 3.46. The molecule has 1 aromatic carbocycles. The molecule has 0 radical (unpaired) electrons. The number of hydrogen-bond donors (Lipinski definition) is 0. The average Bonchev–Trinajstić information content (AvgIpc) is 2.95. The highest BCUT2D eigenvalue weighted by Crippen LogP contribution is 2.33. The Labute approximate surface area is 101 Å². The van der Waals surface area contributed by atoms with Gasteiger partial charge in [0, 0.05) is 10.8 Å². The van der Waals surface area contributed by atoms with E-state index in [1.54, 1.807) is 11.3 Å². The van der Waals surface area contributed by atoms with Gasteiger partial charge in [-0.3, -0.25) is 0 Å². The highest BCUT2D eigenvalue weighted by molar-refractivity contribution is 7.22. The van der Waals surface area contributed by atoms with Crippen molar-refractivity contribution in [2.24, 2.45) is 0 Å². The largest absolute Gasteiger partial charge is 0.355 e. The number of fused-ring (bicyclic) bond motifs is 1. The fraction of sp³-hybridized carbons (Fsp3) is 0.0833. The molecule has 0 saturated carbocycles. The smallest absolute Gasteiger partial charge is 0.177 e. The zero-order chi connectivity index (χ0) is 11.0. The third-order valence-corrected chi connectivity index (χ3v) is 3.77. The molecule has 0 atom stereocenters. The molecule has 0 amide bonds. The molecule has 0 aliphatic heterocycles. The number of aromatic nitrogens is 1. The summed E-state index contributed by atoms with van der Waals surface area (Å²) in [7, 11) is 0. The summed E-state index contributed by atoms with van der Waals surface area (Å²) < 4.78 is 6.50. The summed E-state index contributed by atoms with van der Waals surface area (Å²) in [6.45, 7) is 0. The Kier molecular flexibility index (Phi) is 2.42. The van der Waals surface area contributed by atoms with Crippen molar-refractivity contribution in [3.8, 4) is 10.6 Å². The molecule has 80 valence electrons. The van der Waals surface area contributed by atoms with Crippen molar-refractivity contribution in [3.63, 3.8) is 0 Å². The molecule has 4 heteroatoms. The number of alkyl halides is 1. The van der Waals surface area contributed by atoms with Crippen LogP contribution in [0.4, 0.5) is 0 Å². The van der Waals surface area contributed by atoms with Crippen molar-refractivity contribution < 1.29 is 4.52 Å². The molecular formula is C12H8ClNOS. The molecular weight excluding hydrogens is 242 g/mol. The lowest BCUT2D eigenvalue weighted by molar-refractivity contribution is 0.427. The van der Waals surface area contributed by atoms with Crippen molar-refractivity contribution in [1.29, 1.82) is 0 Å². The fourth-order valence-electron chi connectivity index (χ4n) is 1.59. The maximum Gasteiger partial charge on any atom is 0.177 e. The van der Waals surface area contributed by atoms with Gasteiger partial charge in [-0.15, -0.1) is 22.9 Å². The number of benzene rings is 1. The normalized spacial score (nSPS) is 11.1. The summed E-state index contributed by atoms with van der Waals surface area (Å²) in [5.74, 6) is 1.17. The zero-order valence-electron chi connectivity index (χ0n) is 8.31. The van der Waals surface area contributed by atoms with E-state index >= 15 is 0 Å². The second kappa shape index (κ2) is 3.92. The van der Waals surface area contributed by atoms with Crippen LogP contribution >= 0.6 is 22.9 Å². The first-order chi connectivity index (χ1) is 7.86. The zero-order valence-corrected chi connectivity index (χ0v) is 9.89. The van der Waals surface area contributed by atoms with Crippen LogP contribution in [0.1, 0.15) is 5.69 Å². The van der Waals surface area contributed by atoms with Crippen LogP contribution in [-0.4, -0.2) is 5.16 Å². The summed E-state index contributed by atoms with van der Waals surface area (Å²) in [5, 5.41) is 5.11. The van der Waals surface area contributed by atoms with Gasteiger partial charge in [0.15, 0.2) is 5.76 Å². The lowest BCUT2D eigenvalue weighted by Crippen LogP contribution is -1.70. The molecule has 2 heterocycles. The minimum absolute atomic E-state index is 0.383. The molecule has 3 rings (SSSR count).